The van der Waals surface area contributed by atoms with Gasteiger partial charge in [0.15, 0.2) is 0 Å². The first-order chi connectivity index (χ1) is 7.19. The van der Waals surface area contributed by atoms with Gasteiger partial charge in [-0.15, -0.1) is 11.8 Å². The van der Waals surface area contributed by atoms with Gasteiger partial charge in [0.05, 0.1) is 12.8 Å². The van der Waals surface area contributed by atoms with Gasteiger partial charge in [0.1, 0.15) is 5.75 Å². The second kappa shape index (κ2) is 5.88. The highest BCUT2D eigenvalue weighted by Gasteiger charge is 2.07. The van der Waals surface area contributed by atoms with E-state index < -0.39 is 0 Å². The van der Waals surface area contributed by atoms with Crippen LogP contribution in [0.15, 0.2) is 23.1 Å². The SMILES string of the molecule is COc1cccc(SCC(C)CO)c1N. The zero-order valence-corrected chi connectivity index (χ0v) is 9.88. The third-order valence-electron chi connectivity index (χ3n) is 2.08. The lowest BCUT2D eigenvalue weighted by Crippen LogP contribution is -2.04. The minimum Gasteiger partial charge on any atom is -0.495 e. The summed E-state index contributed by atoms with van der Waals surface area (Å²) in [6.45, 7) is 2.21. The molecule has 3 N–H and O–H groups in total. The average molecular weight is 227 g/mol. The van der Waals surface area contributed by atoms with Crippen LogP contribution in [0, 0.1) is 5.92 Å². The Bertz CT molecular complexity index is 317. The van der Waals surface area contributed by atoms with Crippen LogP contribution in [0.25, 0.3) is 0 Å². The molecule has 4 heteroatoms. The molecule has 0 aliphatic rings. The predicted molar refractivity (Wildman–Crippen MR) is 64.4 cm³/mol. The maximum atomic E-state index is 8.91. The first-order valence-electron chi connectivity index (χ1n) is 4.85. The van der Waals surface area contributed by atoms with Gasteiger partial charge < -0.3 is 15.6 Å². The normalized spacial score (nSPS) is 12.5. The number of aliphatic hydroxyl groups excluding tert-OH is 1. The number of nitrogens with two attached hydrogens (primary N) is 1. The first kappa shape index (κ1) is 12.2. The van der Waals surface area contributed by atoms with Gasteiger partial charge in [0, 0.05) is 17.3 Å². The number of aliphatic hydroxyl groups is 1. The number of ether oxygens (including phenoxy) is 1. The minimum atomic E-state index is 0.205. The zero-order chi connectivity index (χ0) is 11.3. The number of anilines is 1. The fraction of sp³-hybridized carbons (Fsp3) is 0.455. The zero-order valence-electron chi connectivity index (χ0n) is 9.06. The number of nitrogen functional groups attached to an aromatic ring is 1. The van der Waals surface area contributed by atoms with Crippen molar-refractivity contribution in [1.82, 2.24) is 0 Å². The predicted octanol–water partition coefficient (Wildman–Crippen LogP) is 2.00. The summed E-state index contributed by atoms with van der Waals surface area (Å²) in [4.78, 5) is 1.01. The van der Waals surface area contributed by atoms with Gasteiger partial charge in [-0.05, 0) is 18.1 Å². The Labute approximate surface area is 94.6 Å². The summed E-state index contributed by atoms with van der Waals surface area (Å²) in [7, 11) is 1.61. The number of thioether (sulfide) groups is 1. The van der Waals surface area contributed by atoms with Gasteiger partial charge in [-0.3, -0.25) is 0 Å². The third kappa shape index (κ3) is 3.32. The highest BCUT2D eigenvalue weighted by atomic mass is 32.2. The van der Waals surface area contributed by atoms with Crippen LogP contribution in [-0.2, 0) is 0 Å². The van der Waals surface area contributed by atoms with Crippen LogP contribution in [-0.4, -0.2) is 24.6 Å². The van der Waals surface area contributed by atoms with Crippen molar-refractivity contribution in [2.75, 3.05) is 25.2 Å². The Morgan fingerprint density at radius 3 is 2.87 bits per heavy atom. The Kier molecular flexibility index (Phi) is 4.78. The molecule has 0 heterocycles. The highest BCUT2D eigenvalue weighted by molar-refractivity contribution is 7.99. The smallest absolute Gasteiger partial charge is 0.142 e. The van der Waals surface area contributed by atoms with Gasteiger partial charge in [-0.2, -0.15) is 0 Å². The second-order valence-corrected chi connectivity index (χ2v) is 4.53. The molecule has 0 aliphatic heterocycles. The summed E-state index contributed by atoms with van der Waals surface area (Å²) >= 11 is 1.64. The van der Waals surface area contributed by atoms with E-state index in [2.05, 4.69) is 0 Å². The molecule has 0 aliphatic carbocycles. The molecule has 1 aromatic rings. The van der Waals surface area contributed by atoms with Crippen molar-refractivity contribution < 1.29 is 9.84 Å². The number of hydrogen-bond acceptors (Lipinski definition) is 4. The summed E-state index contributed by atoms with van der Waals surface area (Å²) in [5.41, 5.74) is 6.59. The van der Waals surface area contributed by atoms with E-state index in [0.717, 1.165) is 10.6 Å². The van der Waals surface area contributed by atoms with Crippen molar-refractivity contribution >= 4 is 17.4 Å². The molecule has 0 spiro atoms. The van der Waals surface area contributed by atoms with Crippen LogP contribution in [0.3, 0.4) is 0 Å². The molecule has 0 saturated heterocycles. The van der Waals surface area contributed by atoms with Crippen molar-refractivity contribution in [2.45, 2.75) is 11.8 Å². The quantitative estimate of drug-likeness (QED) is 0.596. The van der Waals surface area contributed by atoms with E-state index in [-0.39, 0.29) is 12.5 Å². The fourth-order valence-corrected chi connectivity index (χ4v) is 2.11. The summed E-state index contributed by atoms with van der Waals surface area (Å²) < 4.78 is 5.13. The highest BCUT2D eigenvalue weighted by Crippen LogP contribution is 2.33. The molecule has 0 amide bonds. The lowest BCUT2D eigenvalue weighted by Gasteiger charge is -2.11. The molecule has 1 rings (SSSR count). The summed E-state index contributed by atoms with van der Waals surface area (Å²) in [5, 5.41) is 8.91. The van der Waals surface area contributed by atoms with Gasteiger partial charge >= 0.3 is 0 Å². The number of benzene rings is 1. The molecule has 1 aromatic carbocycles. The molecule has 3 nitrogen and oxygen atoms in total. The molecule has 0 saturated carbocycles. The Morgan fingerprint density at radius 1 is 1.53 bits per heavy atom. The van der Waals surface area contributed by atoms with E-state index >= 15 is 0 Å². The molecule has 0 bridgehead atoms. The summed E-state index contributed by atoms with van der Waals surface area (Å²) in [6.07, 6.45) is 0. The molecule has 15 heavy (non-hydrogen) atoms. The van der Waals surface area contributed by atoms with Gasteiger partial charge in [-0.1, -0.05) is 13.0 Å². The van der Waals surface area contributed by atoms with Crippen molar-refractivity contribution in [3.05, 3.63) is 18.2 Å². The monoisotopic (exact) mass is 227 g/mol. The van der Waals surface area contributed by atoms with E-state index in [1.807, 2.05) is 25.1 Å². The number of hydrogen-bond donors (Lipinski definition) is 2. The van der Waals surface area contributed by atoms with E-state index in [9.17, 15) is 0 Å². The lowest BCUT2D eigenvalue weighted by atomic mass is 10.2. The first-order valence-corrected chi connectivity index (χ1v) is 5.83. The van der Waals surface area contributed by atoms with E-state index in [0.29, 0.717) is 11.4 Å². The van der Waals surface area contributed by atoms with Crippen LogP contribution in [0.1, 0.15) is 6.92 Å². The Balaban J connectivity index is 2.68. The maximum Gasteiger partial charge on any atom is 0.142 e. The van der Waals surface area contributed by atoms with E-state index in [1.165, 1.54) is 0 Å². The van der Waals surface area contributed by atoms with Crippen LogP contribution < -0.4 is 10.5 Å². The molecular weight excluding hydrogens is 210 g/mol. The van der Waals surface area contributed by atoms with Crippen molar-refractivity contribution in [3.8, 4) is 5.75 Å². The molecule has 1 atom stereocenters. The van der Waals surface area contributed by atoms with Crippen molar-refractivity contribution in [2.24, 2.45) is 5.92 Å². The van der Waals surface area contributed by atoms with Crippen LogP contribution >= 0.6 is 11.8 Å². The lowest BCUT2D eigenvalue weighted by molar-refractivity contribution is 0.250. The van der Waals surface area contributed by atoms with Crippen LogP contribution in [0.5, 0.6) is 5.75 Å². The topological polar surface area (TPSA) is 55.5 Å². The van der Waals surface area contributed by atoms with Gasteiger partial charge in [-0.25, -0.2) is 0 Å². The maximum absolute atomic E-state index is 8.91. The number of rotatable bonds is 5. The average Bonchev–Trinajstić information content (AvgIpc) is 2.27. The molecule has 0 fully saturated rings. The molecule has 1 unspecified atom stereocenters. The molecule has 0 radical (unpaired) electrons. The second-order valence-electron chi connectivity index (χ2n) is 3.47. The van der Waals surface area contributed by atoms with Crippen LogP contribution in [0.4, 0.5) is 5.69 Å². The third-order valence-corrected chi connectivity index (χ3v) is 3.48. The molecular formula is C11H17NO2S. The molecule has 0 aromatic heterocycles. The van der Waals surface area contributed by atoms with Gasteiger partial charge in [0.25, 0.3) is 0 Å². The Morgan fingerprint density at radius 2 is 2.27 bits per heavy atom. The largest absolute Gasteiger partial charge is 0.495 e. The van der Waals surface area contributed by atoms with Crippen molar-refractivity contribution in [1.29, 1.82) is 0 Å². The minimum absolute atomic E-state index is 0.205. The fourth-order valence-electron chi connectivity index (χ4n) is 1.11. The van der Waals surface area contributed by atoms with Gasteiger partial charge in [0.2, 0.25) is 0 Å². The standard InChI is InChI=1S/C11H17NO2S/c1-8(6-13)7-15-10-5-3-4-9(14-2)11(10)12/h3-5,8,13H,6-7,12H2,1-2H3. The van der Waals surface area contributed by atoms with E-state index in [4.69, 9.17) is 15.6 Å². The Hall–Kier alpha value is -0.870. The van der Waals surface area contributed by atoms with E-state index in [1.54, 1.807) is 18.9 Å². The van der Waals surface area contributed by atoms with Crippen LogP contribution in [0.2, 0.25) is 0 Å². The van der Waals surface area contributed by atoms with Crippen molar-refractivity contribution in [3.63, 3.8) is 0 Å². The number of methoxy groups -OCH3 is 1. The molecule has 84 valence electrons. The summed E-state index contributed by atoms with van der Waals surface area (Å²) in [5.74, 6) is 1.84. The number of para-hydroxylation sites is 1. The summed E-state index contributed by atoms with van der Waals surface area (Å²) in [6, 6.07) is 5.72.